The third-order valence-electron chi connectivity index (χ3n) is 3.76. The second-order valence-corrected chi connectivity index (χ2v) is 4.81. The van der Waals surface area contributed by atoms with Gasteiger partial charge in [-0.15, -0.1) is 0 Å². The predicted molar refractivity (Wildman–Crippen MR) is 64.2 cm³/mol. The summed E-state index contributed by atoms with van der Waals surface area (Å²) in [6.07, 6.45) is 2.45. The molecule has 2 atom stereocenters. The van der Waals surface area contributed by atoms with Crippen LogP contribution in [0.5, 0.6) is 0 Å². The molecular formula is C12H26N2O. The fraction of sp³-hybridized carbons (Fsp3) is 1.00. The van der Waals surface area contributed by atoms with Crippen LogP contribution in [0.2, 0.25) is 0 Å². The highest BCUT2D eigenvalue weighted by atomic mass is 16.5. The van der Waals surface area contributed by atoms with Crippen molar-refractivity contribution in [2.75, 3.05) is 33.9 Å². The zero-order chi connectivity index (χ0) is 11.3. The summed E-state index contributed by atoms with van der Waals surface area (Å²) in [5, 5.41) is 3.32. The Morgan fingerprint density at radius 2 is 1.93 bits per heavy atom. The topological polar surface area (TPSA) is 24.5 Å². The van der Waals surface area contributed by atoms with E-state index in [1.165, 1.54) is 19.4 Å². The summed E-state index contributed by atoms with van der Waals surface area (Å²) in [6.45, 7) is 7.64. The third-order valence-corrected chi connectivity index (χ3v) is 3.76. The Kier molecular flexibility index (Phi) is 5.58. The highest BCUT2D eigenvalue weighted by molar-refractivity contribution is 4.77. The molecule has 0 radical (unpaired) electrons. The van der Waals surface area contributed by atoms with Gasteiger partial charge in [-0.1, -0.05) is 0 Å². The molecule has 2 unspecified atom stereocenters. The van der Waals surface area contributed by atoms with Gasteiger partial charge in [0.2, 0.25) is 0 Å². The Morgan fingerprint density at radius 1 is 1.33 bits per heavy atom. The smallest absolute Gasteiger partial charge is 0.0469 e. The Labute approximate surface area is 94.2 Å². The Morgan fingerprint density at radius 3 is 2.47 bits per heavy atom. The second-order valence-electron chi connectivity index (χ2n) is 4.81. The van der Waals surface area contributed by atoms with Crippen LogP contribution in [0.4, 0.5) is 0 Å². The van der Waals surface area contributed by atoms with Gasteiger partial charge in [-0.25, -0.2) is 0 Å². The quantitative estimate of drug-likeness (QED) is 0.747. The SMILES string of the molecule is CNC(C)C(C)N(C)CC1CCOCC1. The largest absolute Gasteiger partial charge is 0.381 e. The fourth-order valence-electron chi connectivity index (χ4n) is 2.13. The molecule has 0 bridgehead atoms. The summed E-state index contributed by atoms with van der Waals surface area (Å²) in [5.74, 6) is 0.829. The van der Waals surface area contributed by atoms with Crippen molar-refractivity contribution in [2.24, 2.45) is 5.92 Å². The monoisotopic (exact) mass is 214 g/mol. The number of nitrogens with zero attached hydrogens (tertiary/aromatic N) is 1. The van der Waals surface area contributed by atoms with E-state index in [4.69, 9.17) is 4.74 Å². The van der Waals surface area contributed by atoms with Crippen molar-refractivity contribution in [3.05, 3.63) is 0 Å². The summed E-state index contributed by atoms with van der Waals surface area (Å²) < 4.78 is 5.38. The summed E-state index contributed by atoms with van der Waals surface area (Å²) in [5.41, 5.74) is 0. The van der Waals surface area contributed by atoms with Gasteiger partial charge < -0.3 is 15.0 Å². The number of ether oxygens (including phenoxy) is 1. The lowest BCUT2D eigenvalue weighted by Crippen LogP contribution is -2.46. The first-order chi connectivity index (χ1) is 7.15. The maximum Gasteiger partial charge on any atom is 0.0469 e. The van der Waals surface area contributed by atoms with Crippen LogP contribution in [-0.4, -0.2) is 50.8 Å². The van der Waals surface area contributed by atoms with E-state index >= 15 is 0 Å². The molecule has 0 aromatic carbocycles. The molecule has 3 heteroatoms. The molecule has 1 saturated heterocycles. The van der Waals surface area contributed by atoms with Crippen LogP contribution in [0.3, 0.4) is 0 Å². The van der Waals surface area contributed by atoms with Gasteiger partial charge in [0.05, 0.1) is 0 Å². The maximum absolute atomic E-state index is 5.38. The van der Waals surface area contributed by atoms with Crippen LogP contribution >= 0.6 is 0 Å². The third kappa shape index (κ3) is 4.09. The van der Waals surface area contributed by atoms with Crippen LogP contribution in [0.1, 0.15) is 26.7 Å². The first-order valence-corrected chi connectivity index (χ1v) is 6.10. The van der Waals surface area contributed by atoms with Crippen LogP contribution < -0.4 is 5.32 Å². The number of likely N-dealkylation sites (N-methyl/N-ethyl adjacent to an activating group) is 2. The molecule has 1 heterocycles. The summed E-state index contributed by atoms with van der Waals surface area (Å²) in [6, 6.07) is 1.15. The molecule has 0 spiro atoms. The predicted octanol–water partition coefficient (Wildman–Crippen LogP) is 1.34. The van der Waals surface area contributed by atoms with Crippen molar-refractivity contribution >= 4 is 0 Å². The van der Waals surface area contributed by atoms with E-state index in [2.05, 4.69) is 31.1 Å². The lowest BCUT2D eigenvalue weighted by atomic mass is 9.98. The summed E-state index contributed by atoms with van der Waals surface area (Å²) >= 11 is 0. The van der Waals surface area contributed by atoms with Gasteiger partial charge >= 0.3 is 0 Å². The van der Waals surface area contributed by atoms with Crippen LogP contribution in [0.15, 0.2) is 0 Å². The van der Waals surface area contributed by atoms with E-state index in [1.54, 1.807) is 0 Å². The normalized spacial score (nSPS) is 23.0. The molecule has 1 N–H and O–H groups in total. The molecule has 1 fully saturated rings. The molecule has 0 aromatic rings. The van der Waals surface area contributed by atoms with E-state index in [0.717, 1.165) is 19.1 Å². The van der Waals surface area contributed by atoms with Crippen LogP contribution in [0, 0.1) is 5.92 Å². The lowest BCUT2D eigenvalue weighted by Gasteiger charge is -2.33. The zero-order valence-electron chi connectivity index (χ0n) is 10.6. The summed E-state index contributed by atoms with van der Waals surface area (Å²) in [4.78, 5) is 2.47. The van der Waals surface area contributed by atoms with Gasteiger partial charge in [-0.2, -0.15) is 0 Å². The van der Waals surface area contributed by atoms with E-state index in [0.29, 0.717) is 12.1 Å². The van der Waals surface area contributed by atoms with Gasteiger partial charge in [0, 0.05) is 31.8 Å². The lowest BCUT2D eigenvalue weighted by molar-refractivity contribution is 0.0494. The standard InChI is InChI=1S/C12H26N2O/c1-10(13-3)11(2)14(4)9-12-5-7-15-8-6-12/h10-13H,5-9H2,1-4H3. The molecule has 0 aliphatic carbocycles. The molecule has 90 valence electrons. The molecule has 0 aromatic heterocycles. The zero-order valence-corrected chi connectivity index (χ0v) is 10.6. The van der Waals surface area contributed by atoms with E-state index in [-0.39, 0.29) is 0 Å². The van der Waals surface area contributed by atoms with Crippen molar-refractivity contribution < 1.29 is 4.74 Å². The minimum absolute atomic E-state index is 0.551. The van der Waals surface area contributed by atoms with Crippen molar-refractivity contribution in [1.29, 1.82) is 0 Å². The molecule has 1 aliphatic rings. The average Bonchev–Trinajstić information content (AvgIpc) is 2.28. The van der Waals surface area contributed by atoms with Crippen molar-refractivity contribution in [2.45, 2.75) is 38.8 Å². The van der Waals surface area contributed by atoms with Crippen LogP contribution in [-0.2, 0) is 4.74 Å². The molecule has 3 nitrogen and oxygen atoms in total. The molecule has 1 aliphatic heterocycles. The first-order valence-electron chi connectivity index (χ1n) is 6.10. The molecule has 15 heavy (non-hydrogen) atoms. The Hall–Kier alpha value is -0.120. The van der Waals surface area contributed by atoms with E-state index < -0.39 is 0 Å². The first kappa shape index (κ1) is 12.9. The maximum atomic E-state index is 5.38. The Bertz CT molecular complexity index is 169. The van der Waals surface area contributed by atoms with Gasteiger partial charge in [0.1, 0.15) is 0 Å². The number of hydrogen-bond acceptors (Lipinski definition) is 3. The average molecular weight is 214 g/mol. The van der Waals surface area contributed by atoms with Gasteiger partial charge in [0.15, 0.2) is 0 Å². The van der Waals surface area contributed by atoms with Gasteiger partial charge in [-0.3, -0.25) is 0 Å². The number of rotatable bonds is 5. The van der Waals surface area contributed by atoms with Gasteiger partial charge in [0.25, 0.3) is 0 Å². The number of nitrogens with one attached hydrogen (secondary N) is 1. The second kappa shape index (κ2) is 6.46. The highest BCUT2D eigenvalue weighted by Crippen LogP contribution is 2.17. The van der Waals surface area contributed by atoms with E-state index in [1.807, 2.05) is 7.05 Å². The Balaban J connectivity index is 2.29. The van der Waals surface area contributed by atoms with E-state index in [9.17, 15) is 0 Å². The molecule has 1 rings (SSSR count). The van der Waals surface area contributed by atoms with Crippen LogP contribution in [0.25, 0.3) is 0 Å². The number of hydrogen-bond donors (Lipinski definition) is 1. The minimum Gasteiger partial charge on any atom is -0.381 e. The minimum atomic E-state index is 0.551. The highest BCUT2D eigenvalue weighted by Gasteiger charge is 2.20. The molecule has 0 amide bonds. The molecule has 0 saturated carbocycles. The fourth-order valence-corrected chi connectivity index (χ4v) is 2.13. The van der Waals surface area contributed by atoms with Crippen molar-refractivity contribution in [3.63, 3.8) is 0 Å². The van der Waals surface area contributed by atoms with Crippen molar-refractivity contribution in [3.8, 4) is 0 Å². The summed E-state index contributed by atoms with van der Waals surface area (Å²) in [7, 11) is 4.26. The molecular weight excluding hydrogens is 188 g/mol. The van der Waals surface area contributed by atoms with Gasteiger partial charge in [-0.05, 0) is 46.7 Å². The van der Waals surface area contributed by atoms with Crippen molar-refractivity contribution in [1.82, 2.24) is 10.2 Å².